The second-order valence-corrected chi connectivity index (χ2v) is 5.09. The lowest BCUT2D eigenvalue weighted by molar-refractivity contribution is 0.313. The molecule has 0 unspecified atom stereocenters. The normalized spacial score (nSPS) is 39.0. The predicted octanol–water partition coefficient (Wildman–Crippen LogP) is 3.64. The molecule has 0 aromatic heterocycles. The molecule has 0 nitrogen and oxygen atoms in total. The Morgan fingerprint density at radius 2 is 1.82 bits per heavy atom. The number of alkyl halides is 1. The van der Waals surface area contributed by atoms with E-state index in [0.717, 1.165) is 17.8 Å². The Morgan fingerprint density at radius 1 is 1.09 bits per heavy atom. The van der Waals surface area contributed by atoms with Crippen molar-refractivity contribution in [1.82, 2.24) is 0 Å². The van der Waals surface area contributed by atoms with Gasteiger partial charge in [0, 0.05) is 4.43 Å². The molecule has 2 fully saturated rings. The third kappa shape index (κ3) is 1.90. The summed E-state index contributed by atoms with van der Waals surface area (Å²) in [5.41, 5.74) is 0. The second-order valence-electron chi connectivity index (χ2n) is 4.21. The van der Waals surface area contributed by atoms with Crippen LogP contribution in [0, 0.1) is 17.8 Å². The van der Waals surface area contributed by atoms with Crippen LogP contribution in [0.3, 0.4) is 0 Å². The molecule has 0 spiro atoms. The van der Waals surface area contributed by atoms with Crippen molar-refractivity contribution in [3.8, 4) is 0 Å². The van der Waals surface area contributed by atoms with Crippen molar-refractivity contribution in [2.45, 2.75) is 38.5 Å². The Bertz CT molecular complexity index is 127. The van der Waals surface area contributed by atoms with Gasteiger partial charge in [0.15, 0.2) is 0 Å². The number of hydrogen-bond donors (Lipinski definition) is 0. The highest BCUT2D eigenvalue weighted by atomic mass is 127. The minimum Gasteiger partial charge on any atom is -0.0861 e. The van der Waals surface area contributed by atoms with Crippen LogP contribution in [-0.2, 0) is 0 Å². The van der Waals surface area contributed by atoms with Crippen LogP contribution in [0.5, 0.6) is 0 Å². The van der Waals surface area contributed by atoms with E-state index < -0.39 is 0 Å². The zero-order valence-electron chi connectivity index (χ0n) is 7.06. The molecular weight excluding hydrogens is 247 g/mol. The van der Waals surface area contributed by atoms with Gasteiger partial charge in [-0.2, -0.15) is 0 Å². The van der Waals surface area contributed by atoms with Crippen LogP contribution in [0.25, 0.3) is 0 Å². The lowest BCUT2D eigenvalue weighted by Gasteiger charge is -2.21. The monoisotopic (exact) mass is 264 g/mol. The lowest BCUT2D eigenvalue weighted by Crippen LogP contribution is -2.09. The molecule has 2 saturated carbocycles. The van der Waals surface area contributed by atoms with Crippen molar-refractivity contribution < 1.29 is 0 Å². The van der Waals surface area contributed by atoms with Gasteiger partial charge in [-0.05, 0) is 24.2 Å². The van der Waals surface area contributed by atoms with Crippen molar-refractivity contribution in [2.75, 3.05) is 4.43 Å². The smallest absolute Gasteiger partial charge is 0.00265 e. The van der Waals surface area contributed by atoms with E-state index in [1.165, 1.54) is 23.7 Å². The van der Waals surface area contributed by atoms with Gasteiger partial charge >= 0.3 is 0 Å². The van der Waals surface area contributed by atoms with Crippen LogP contribution < -0.4 is 0 Å². The fraction of sp³-hybridized carbons (Fsp3) is 1.00. The summed E-state index contributed by atoms with van der Waals surface area (Å²) in [6.07, 6.45) is 9.23. The van der Waals surface area contributed by atoms with E-state index in [-0.39, 0.29) is 0 Å². The molecule has 64 valence electrons. The molecule has 0 bridgehead atoms. The van der Waals surface area contributed by atoms with Gasteiger partial charge in [-0.25, -0.2) is 0 Å². The molecular formula is C10H17I. The first-order valence-electron chi connectivity index (χ1n) is 4.98. The Hall–Kier alpha value is 0.730. The fourth-order valence-electron chi connectivity index (χ4n) is 2.59. The molecule has 0 radical (unpaired) electrons. The minimum atomic E-state index is 1.12. The average molecular weight is 264 g/mol. The van der Waals surface area contributed by atoms with Gasteiger partial charge in [-0.1, -0.05) is 54.7 Å². The highest BCUT2D eigenvalue weighted by Gasteiger charge is 2.41. The lowest BCUT2D eigenvalue weighted by atomic mass is 9.85. The van der Waals surface area contributed by atoms with Crippen molar-refractivity contribution in [3.63, 3.8) is 0 Å². The quantitative estimate of drug-likeness (QED) is 0.527. The Morgan fingerprint density at radius 3 is 2.36 bits per heavy atom. The molecule has 0 saturated heterocycles. The summed E-state index contributed by atoms with van der Waals surface area (Å²) in [7, 11) is 0. The SMILES string of the molecule is IC[C@H]1C[C@@H]1C1CCCCC1. The van der Waals surface area contributed by atoms with Crippen LogP contribution in [0.4, 0.5) is 0 Å². The summed E-state index contributed by atoms with van der Waals surface area (Å²) in [4.78, 5) is 0. The first-order chi connectivity index (χ1) is 5.42. The zero-order valence-corrected chi connectivity index (χ0v) is 9.22. The molecule has 1 heteroatoms. The molecule has 0 aromatic carbocycles. The molecule has 2 aliphatic carbocycles. The summed E-state index contributed by atoms with van der Waals surface area (Å²) in [6, 6.07) is 0. The topological polar surface area (TPSA) is 0 Å². The van der Waals surface area contributed by atoms with Gasteiger partial charge in [-0.15, -0.1) is 0 Å². The van der Waals surface area contributed by atoms with E-state index in [9.17, 15) is 0 Å². The van der Waals surface area contributed by atoms with E-state index in [1.807, 2.05) is 0 Å². The summed E-state index contributed by atoms with van der Waals surface area (Å²) in [5, 5.41) is 0. The van der Waals surface area contributed by atoms with Crippen molar-refractivity contribution in [3.05, 3.63) is 0 Å². The van der Waals surface area contributed by atoms with Gasteiger partial charge in [0.25, 0.3) is 0 Å². The second kappa shape index (κ2) is 3.63. The summed E-state index contributed by atoms with van der Waals surface area (Å²) in [6.45, 7) is 0. The molecule has 0 heterocycles. The maximum Gasteiger partial charge on any atom is 0.00265 e. The molecule has 0 aromatic rings. The molecule has 2 rings (SSSR count). The van der Waals surface area contributed by atoms with E-state index in [4.69, 9.17) is 0 Å². The molecule has 11 heavy (non-hydrogen) atoms. The van der Waals surface area contributed by atoms with Gasteiger partial charge < -0.3 is 0 Å². The summed E-state index contributed by atoms with van der Waals surface area (Å²) in [5.74, 6) is 3.43. The van der Waals surface area contributed by atoms with Gasteiger partial charge in [0.05, 0.1) is 0 Å². The Labute approximate surface area is 83.3 Å². The van der Waals surface area contributed by atoms with Crippen molar-refractivity contribution in [1.29, 1.82) is 0 Å². The zero-order chi connectivity index (χ0) is 7.68. The van der Waals surface area contributed by atoms with Crippen LogP contribution in [-0.4, -0.2) is 4.43 Å². The Balaban J connectivity index is 1.77. The van der Waals surface area contributed by atoms with E-state index in [0.29, 0.717) is 0 Å². The number of halogens is 1. The molecule has 2 aliphatic rings. The van der Waals surface area contributed by atoms with Crippen LogP contribution in [0.1, 0.15) is 38.5 Å². The van der Waals surface area contributed by atoms with Gasteiger partial charge in [0.2, 0.25) is 0 Å². The van der Waals surface area contributed by atoms with Crippen LogP contribution >= 0.6 is 22.6 Å². The summed E-state index contributed by atoms with van der Waals surface area (Å²) < 4.78 is 1.42. The summed E-state index contributed by atoms with van der Waals surface area (Å²) >= 11 is 2.55. The molecule has 0 amide bonds. The fourth-order valence-corrected chi connectivity index (χ4v) is 3.60. The van der Waals surface area contributed by atoms with E-state index >= 15 is 0 Å². The van der Waals surface area contributed by atoms with Crippen molar-refractivity contribution >= 4 is 22.6 Å². The van der Waals surface area contributed by atoms with E-state index in [1.54, 1.807) is 19.3 Å². The maximum atomic E-state index is 2.55. The molecule has 2 atom stereocenters. The van der Waals surface area contributed by atoms with Crippen molar-refractivity contribution in [2.24, 2.45) is 17.8 Å². The van der Waals surface area contributed by atoms with E-state index in [2.05, 4.69) is 22.6 Å². The first-order valence-corrected chi connectivity index (χ1v) is 6.50. The van der Waals surface area contributed by atoms with Gasteiger partial charge in [0.1, 0.15) is 0 Å². The minimum absolute atomic E-state index is 1.12. The number of rotatable bonds is 2. The highest BCUT2D eigenvalue weighted by molar-refractivity contribution is 14.1. The standard InChI is InChI=1S/C10H17I/c11-7-9-6-10(9)8-4-2-1-3-5-8/h8-10H,1-7H2/t9-,10-/m1/s1. The predicted molar refractivity (Wildman–Crippen MR) is 57.1 cm³/mol. The third-order valence-corrected chi connectivity index (χ3v) is 4.56. The first kappa shape index (κ1) is 8.33. The van der Waals surface area contributed by atoms with Crippen LogP contribution in [0.15, 0.2) is 0 Å². The third-order valence-electron chi connectivity index (χ3n) is 3.43. The number of hydrogen-bond acceptors (Lipinski definition) is 0. The van der Waals surface area contributed by atoms with Gasteiger partial charge in [-0.3, -0.25) is 0 Å². The average Bonchev–Trinajstić information content (AvgIpc) is 2.85. The van der Waals surface area contributed by atoms with Crippen LogP contribution in [0.2, 0.25) is 0 Å². The molecule has 0 aliphatic heterocycles. The largest absolute Gasteiger partial charge is 0.0861 e. The maximum absolute atomic E-state index is 2.55. The Kier molecular flexibility index (Phi) is 2.75. The molecule has 0 N–H and O–H groups in total. The highest BCUT2D eigenvalue weighted by Crippen LogP contribution is 2.49.